The molecule has 1 aromatic carbocycles. The average Bonchev–Trinajstić information content (AvgIpc) is 2.42. The van der Waals surface area contributed by atoms with Crippen molar-refractivity contribution in [2.75, 3.05) is 31.9 Å². The van der Waals surface area contributed by atoms with Gasteiger partial charge in [-0.15, -0.1) is 35.7 Å². The lowest BCUT2D eigenvalue weighted by Gasteiger charge is -2.13. The fourth-order valence-electron chi connectivity index (χ4n) is 1.75. The third kappa shape index (κ3) is 8.23. The van der Waals surface area contributed by atoms with E-state index in [4.69, 9.17) is 0 Å². The van der Waals surface area contributed by atoms with Gasteiger partial charge in [0.1, 0.15) is 9.84 Å². The maximum Gasteiger partial charge on any atom is 0.191 e. The molecule has 0 aliphatic rings. The molecule has 0 heterocycles. The smallest absolute Gasteiger partial charge is 0.191 e. The van der Waals surface area contributed by atoms with Crippen LogP contribution in [-0.2, 0) is 16.4 Å². The van der Waals surface area contributed by atoms with Gasteiger partial charge in [-0.25, -0.2) is 8.42 Å². The fourth-order valence-corrected chi connectivity index (χ4v) is 2.93. The van der Waals surface area contributed by atoms with Crippen LogP contribution in [0, 0.1) is 6.92 Å². The molecule has 1 rings (SSSR count). The van der Waals surface area contributed by atoms with E-state index in [1.165, 1.54) is 22.3 Å². The molecule has 0 radical (unpaired) electrons. The molecule has 0 saturated heterocycles. The van der Waals surface area contributed by atoms with Gasteiger partial charge in [-0.2, -0.15) is 0 Å². The monoisotopic (exact) mass is 457 g/mol. The van der Waals surface area contributed by atoms with Crippen molar-refractivity contribution in [3.05, 3.63) is 29.3 Å². The van der Waals surface area contributed by atoms with Crippen molar-refractivity contribution in [3.8, 4) is 0 Å². The molecule has 2 N–H and O–H groups in total. The van der Waals surface area contributed by atoms with E-state index in [0.29, 0.717) is 19.0 Å². The minimum absolute atomic E-state index is 0. The first-order valence-electron chi connectivity index (χ1n) is 6.61. The number of benzene rings is 1. The summed E-state index contributed by atoms with van der Waals surface area (Å²) in [5.74, 6) is 0.695. The number of sulfone groups is 1. The van der Waals surface area contributed by atoms with E-state index in [2.05, 4.69) is 47.0 Å². The maximum absolute atomic E-state index is 11.1. The lowest BCUT2D eigenvalue weighted by Crippen LogP contribution is -2.39. The molecule has 0 atom stereocenters. The number of guanidine groups is 1. The Morgan fingerprint density at radius 1 is 1.32 bits per heavy atom. The van der Waals surface area contributed by atoms with E-state index in [1.807, 2.05) is 0 Å². The summed E-state index contributed by atoms with van der Waals surface area (Å²) in [7, 11) is -1.29. The molecule has 22 heavy (non-hydrogen) atoms. The predicted octanol–water partition coefficient (Wildman–Crippen LogP) is 2.04. The van der Waals surface area contributed by atoms with Crippen LogP contribution in [0.4, 0.5) is 0 Å². The second-order valence-corrected chi connectivity index (χ2v) is 7.91. The van der Waals surface area contributed by atoms with E-state index >= 15 is 0 Å². The third-order valence-electron chi connectivity index (χ3n) is 2.88. The predicted molar refractivity (Wildman–Crippen MR) is 106 cm³/mol. The van der Waals surface area contributed by atoms with Gasteiger partial charge in [-0.3, -0.25) is 4.99 Å². The minimum Gasteiger partial charge on any atom is -0.355 e. The van der Waals surface area contributed by atoms with Gasteiger partial charge < -0.3 is 10.6 Å². The van der Waals surface area contributed by atoms with Crippen LogP contribution in [0.5, 0.6) is 0 Å². The molecule has 0 spiro atoms. The van der Waals surface area contributed by atoms with Gasteiger partial charge in [0.05, 0.1) is 5.75 Å². The van der Waals surface area contributed by atoms with E-state index in [1.54, 1.807) is 18.8 Å². The highest BCUT2D eigenvalue weighted by Crippen LogP contribution is 2.21. The van der Waals surface area contributed by atoms with E-state index in [9.17, 15) is 8.42 Å². The molecule has 5 nitrogen and oxygen atoms in total. The van der Waals surface area contributed by atoms with E-state index < -0.39 is 9.84 Å². The second kappa shape index (κ2) is 10.3. The van der Waals surface area contributed by atoms with E-state index in [0.717, 1.165) is 0 Å². The number of hydrogen-bond donors (Lipinski definition) is 2. The number of thioether (sulfide) groups is 1. The van der Waals surface area contributed by atoms with Gasteiger partial charge in [-0.1, -0.05) is 12.1 Å². The molecule has 0 aromatic heterocycles. The number of aliphatic imine (C=N–C) groups is 1. The van der Waals surface area contributed by atoms with Crippen molar-refractivity contribution < 1.29 is 8.42 Å². The van der Waals surface area contributed by atoms with Crippen LogP contribution >= 0.6 is 35.7 Å². The lowest BCUT2D eigenvalue weighted by molar-refractivity contribution is 0.600. The molecule has 1 aromatic rings. The van der Waals surface area contributed by atoms with Crippen molar-refractivity contribution in [2.45, 2.75) is 18.4 Å². The average molecular weight is 457 g/mol. The summed E-state index contributed by atoms with van der Waals surface area (Å²) in [5, 5.41) is 6.19. The second-order valence-electron chi connectivity index (χ2n) is 4.80. The van der Waals surface area contributed by atoms with Gasteiger partial charge in [-0.05, 0) is 30.4 Å². The zero-order valence-electron chi connectivity index (χ0n) is 13.3. The largest absolute Gasteiger partial charge is 0.355 e. The minimum atomic E-state index is -2.96. The van der Waals surface area contributed by atoms with Gasteiger partial charge in [0.25, 0.3) is 0 Å². The normalized spacial score (nSPS) is 11.7. The molecular weight excluding hydrogens is 433 g/mol. The topological polar surface area (TPSA) is 70.6 Å². The molecule has 0 aliphatic carbocycles. The van der Waals surface area contributed by atoms with E-state index in [-0.39, 0.29) is 29.7 Å². The van der Waals surface area contributed by atoms with Crippen molar-refractivity contribution >= 4 is 51.5 Å². The Morgan fingerprint density at radius 2 is 2.00 bits per heavy atom. The van der Waals surface area contributed by atoms with Crippen LogP contribution in [0.25, 0.3) is 0 Å². The number of aryl methyl sites for hydroxylation is 1. The Hall–Kier alpha value is -0.480. The standard InChI is InChI=1S/C14H23N3O2S2.HI/c1-11-5-6-12(13(9-11)20-3)10-17-14(15-2)16-7-8-21(4,18)19;/h5-6,9H,7-8,10H2,1-4H3,(H2,15,16,17);1H. The maximum atomic E-state index is 11.1. The highest BCUT2D eigenvalue weighted by molar-refractivity contribution is 14.0. The fraction of sp³-hybridized carbons (Fsp3) is 0.500. The molecule has 0 fully saturated rings. The molecule has 0 amide bonds. The molecule has 0 saturated carbocycles. The first-order chi connectivity index (χ1) is 9.85. The van der Waals surface area contributed by atoms with Crippen LogP contribution < -0.4 is 10.6 Å². The Morgan fingerprint density at radius 3 is 2.55 bits per heavy atom. The number of halogens is 1. The molecule has 0 unspecified atom stereocenters. The zero-order valence-corrected chi connectivity index (χ0v) is 17.3. The van der Waals surface area contributed by atoms with Crippen LogP contribution in [0.2, 0.25) is 0 Å². The quantitative estimate of drug-likeness (QED) is 0.296. The first kappa shape index (κ1) is 21.5. The highest BCUT2D eigenvalue weighted by Gasteiger charge is 2.05. The summed E-state index contributed by atoms with van der Waals surface area (Å²) in [6, 6.07) is 6.33. The van der Waals surface area contributed by atoms with Gasteiger partial charge in [0.2, 0.25) is 0 Å². The SMILES string of the molecule is CN=C(NCCS(C)(=O)=O)NCc1ccc(C)cc1SC.I. The molecule has 0 bridgehead atoms. The third-order valence-corrected chi connectivity index (χ3v) is 4.64. The Balaban J connectivity index is 0.00000441. The zero-order chi connectivity index (χ0) is 15.9. The van der Waals surface area contributed by atoms with Crippen molar-refractivity contribution in [1.82, 2.24) is 10.6 Å². The summed E-state index contributed by atoms with van der Waals surface area (Å²) in [6.45, 7) is 3.07. The van der Waals surface area contributed by atoms with Crippen LogP contribution in [0.1, 0.15) is 11.1 Å². The highest BCUT2D eigenvalue weighted by atomic mass is 127. The van der Waals surface area contributed by atoms with Crippen molar-refractivity contribution in [1.29, 1.82) is 0 Å². The van der Waals surface area contributed by atoms with Crippen LogP contribution in [0.15, 0.2) is 28.1 Å². The summed E-state index contributed by atoms with van der Waals surface area (Å²) in [6.07, 6.45) is 3.28. The Kier molecular flexibility index (Phi) is 10.1. The van der Waals surface area contributed by atoms with Crippen LogP contribution in [0.3, 0.4) is 0 Å². The Bertz CT molecular complexity index is 604. The number of rotatable bonds is 6. The molecule has 126 valence electrons. The molecular formula is C14H24IN3O2S2. The lowest BCUT2D eigenvalue weighted by atomic mass is 10.1. The molecule has 0 aliphatic heterocycles. The summed E-state index contributed by atoms with van der Waals surface area (Å²) >= 11 is 1.71. The number of nitrogens with zero attached hydrogens (tertiary/aromatic N) is 1. The van der Waals surface area contributed by atoms with Crippen molar-refractivity contribution in [3.63, 3.8) is 0 Å². The summed E-state index contributed by atoms with van der Waals surface area (Å²) in [5.41, 5.74) is 2.43. The van der Waals surface area contributed by atoms with Crippen LogP contribution in [-0.4, -0.2) is 46.2 Å². The van der Waals surface area contributed by atoms with Crippen molar-refractivity contribution in [2.24, 2.45) is 4.99 Å². The van der Waals surface area contributed by atoms with Gasteiger partial charge in [0, 0.05) is 31.3 Å². The first-order valence-corrected chi connectivity index (χ1v) is 9.90. The molecule has 8 heteroatoms. The summed E-state index contributed by atoms with van der Waals surface area (Å²) in [4.78, 5) is 5.32. The summed E-state index contributed by atoms with van der Waals surface area (Å²) < 4.78 is 22.2. The van der Waals surface area contributed by atoms with Gasteiger partial charge >= 0.3 is 0 Å². The number of hydrogen-bond acceptors (Lipinski definition) is 4. The van der Waals surface area contributed by atoms with Gasteiger partial charge in [0.15, 0.2) is 5.96 Å². The number of nitrogens with one attached hydrogen (secondary N) is 2. The Labute approximate surface area is 154 Å².